The van der Waals surface area contributed by atoms with Crippen LogP contribution in [0.4, 0.5) is 0 Å². The molecule has 0 unspecified atom stereocenters. The second-order valence-electron chi connectivity index (χ2n) is 8.08. The average Bonchev–Trinajstić information content (AvgIpc) is 2.67. The van der Waals surface area contributed by atoms with Gasteiger partial charge in [0, 0.05) is 19.3 Å². The van der Waals surface area contributed by atoms with Crippen molar-refractivity contribution in [1.29, 1.82) is 0 Å². The molecular formula is C24H45N3. The van der Waals surface area contributed by atoms with Crippen molar-refractivity contribution in [3.8, 4) is 0 Å². The molecule has 3 nitrogen and oxygen atoms in total. The minimum atomic E-state index is 1.03. The van der Waals surface area contributed by atoms with Gasteiger partial charge in [-0.25, -0.2) is 15.0 Å². The van der Waals surface area contributed by atoms with Crippen LogP contribution in [-0.4, -0.2) is 15.0 Å². The summed E-state index contributed by atoms with van der Waals surface area (Å²) in [5, 5.41) is 0. The molecule has 0 atom stereocenters. The van der Waals surface area contributed by atoms with Crippen LogP contribution in [0.2, 0.25) is 0 Å². The lowest BCUT2D eigenvalue weighted by Gasteiger charge is -2.08. The molecule has 0 radical (unpaired) electrons. The molecule has 0 fully saturated rings. The standard InChI is InChI=1S/C24H45N3/c1-4-7-10-13-16-19-22-25-23(20-17-14-11-8-5-2)27-24(26-22)21-18-15-12-9-6-3/h4-21H2,1-3H3. The van der Waals surface area contributed by atoms with Gasteiger partial charge in [-0.2, -0.15) is 0 Å². The molecule has 0 aromatic carbocycles. The van der Waals surface area contributed by atoms with Gasteiger partial charge < -0.3 is 0 Å². The van der Waals surface area contributed by atoms with Crippen LogP contribution in [0.25, 0.3) is 0 Å². The largest absolute Gasteiger partial charge is 0.218 e. The number of nitrogens with zero attached hydrogens (tertiary/aromatic N) is 3. The molecule has 0 bridgehead atoms. The van der Waals surface area contributed by atoms with Gasteiger partial charge in [-0.1, -0.05) is 97.8 Å². The molecule has 27 heavy (non-hydrogen) atoms. The summed E-state index contributed by atoms with van der Waals surface area (Å²) in [6, 6.07) is 0. The summed E-state index contributed by atoms with van der Waals surface area (Å²) in [6.45, 7) is 6.81. The van der Waals surface area contributed by atoms with E-state index in [1.807, 2.05) is 0 Å². The van der Waals surface area contributed by atoms with Crippen LogP contribution in [0.15, 0.2) is 0 Å². The first-order valence-electron chi connectivity index (χ1n) is 12.0. The Morgan fingerprint density at radius 1 is 0.370 bits per heavy atom. The van der Waals surface area contributed by atoms with E-state index in [0.717, 1.165) is 36.7 Å². The Labute approximate surface area is 169 Å². The highest BCUT2D eigenvalue weighted by Crippen LogP contribution is 2.11. The normalized spacial score (nSPS) is 11.2. The third-order valence-electron chi connectivity index (χ3n) is 5.29. The van der Waals surface area contributed by atoms with Crippen molar-refractivity contribution in [2.75, 3.05) is 0 Å². The van der Waals surface area contributed by atoms with Gasteiger partial charge in [0.15, 0.2) is 0 Å². The van der Waals surface area contributed by atoms with Crippen molar-refractivity contribution >= 4 is 0 Å². The van der Waals surface area contributed by atoms with Gasteiger partial charge in [0.2, 0.25) is 0 Å². The van der Waals surface area contributed by atoms with Crippen LogP contribution in [0, 0.1) is 0 Å². The van der Waals surface area contributed by atoms with E-state index < -0.39 is 0 Å². The monoisotopic (exact) mass is 375 g/mol. The van der Waals surface area contributed by atoms with Gasteiger partial charge in [-0.05, 0) is 19.3 Å². The average molecular weight is 376 g/mol. The Kier molecular flexibility index (Phi) is 15.3. The highest BCUT2D eigenvalue weighted by atomic mass is 15.0. The Morgan fingerprint density at radius 3 is 0.889 bits per heavy atom. The fourth-order valence-electron chi connectivity index (χ4n) is 3.52. The zero-order valence-electron chi connectivity index (χ0n) is 18.6. The molecule has 0 aliphatic rings. The highest BCUT2D eigenvalue weighted by Gasteiger charge is 2.07. The van der Waals surface area contributed by atoms with Crippen LogP contribution in [0.5, 0.6) is 0 Å². The molecule has 1 rings (SSSR count). The van der Waals surface area contributed by atoms with Crippen LogP contribution >= 0.6 is 0 Å². The molecule has 0 N–H and O–H groups in total. The van der Waals surface area contributed by atoms with Crippen molar-refractivity contribution in [2.45, 2.75) is 136 Å². The van der Waals surface area contributed by atoms with Crippen LogP contribution in [0.3, 0.4) is 0 Å². The first-order chi connectivity index (χ1) is 13.3. The molecule has 1 heterocycles. The number of hydrogen-bond donors (Lipinski definition) is 0. The first-order valence-corrected chi connectivity index (χ1v) is 12.0. The van der Waals surface area contributed by atoms with Crippen molar-refractivity contribution < 1.29 is 0 Å². The Hall–Kier alpha value is -0.990. The van der Waals surface area contributed by atoms with Crippen molar-refractivity contribution in [3.05, 3.63) is 17.5 Å². The number of aromatic nitrogens is 3. The van der Waals surface area contributed by atoms with Gasteiger partial charge in [-0.3, -0.25) is 0 Å². The Bertz CT molecular complexity index is 380. The number of hydrogen-bond acceptors (Lipinski definition) is 3. The summed E-state index contributed by atoms with van der Waals surface area (Å²) in [6.07, 6.45) is 22.6. The second kappa shape index (κ2) is 17.1. The minimum absolute atomic E-state index is 1.03. The number of rotatable bonds is 18. The minimum Gasteiger partial charge on any atom is -0.218 e. The van der Waals surface area contributed by atoms with E-state index in [-0.39, 0.29) is 0 Å². The SMILES string of the molecule is CCCCCCCc1nc(CCCCCCC)nc(CCCCCCC)n1. The predicted octanol–water partition coefficient (Wildman–Crippen LogP) is 7.41. The van der Waals surface area contributed by atoms with Crippen molar-refractivity contribution in [1.82, 2.24) is 15.0 Å². The van der Waals surface area contributed by atoms with Crippen LogP contribution in [0.1, 0.15) is 135 Å². The van der Waals surface area contributed by atoms with Crippen molar-refractivity contribution in [3.63, 3.8) is 0 Å². The Morgan fingerprint density at radius 2 is 0.630 bits per heavy atom. The maximum Gasteiger partial charge on any atom is 0.132 e. The molecule has 0 amide bonds. The molecule has 0 aliphatic carbocycles. The molecule has 1 aromatic heterocycles. The summed E-state index contributed by atoms with van der Waals surface area (Å²) in [7, 11) is 0. The summed E-state index contributed by atoms with van der Waals surface area (Å²) >= 11 is 0. The van der Waals surface area contributed by atoms with Gasteiger partial charge in [-0.15, -0.1) is 0 Å². The molecule has 0 spiro atoms. The number of unbranched alkanes of at least 4 members (excludes halogenated alkanes) is 12. The second-order valence-corrected chi connectivity index (χ2v) is 8.08. The maximum atomic E-state index is 4.80. The predicted molar refractivity (Wildman–Crippen MR) is 117 cm³/mol. The summed E-state index contributed by atoms with van der Waals surface area (Å²) in [4.78, 5) is 14.4. The van der Waals surface area contributed by atoms with E-state index >= 15 is 0 Å². The molecule has 156 valence electrons. The third kappa shape index (κ3) is 12.9. The maximum absolute atomic E-state index is 4.80. The summed E-state index contributed by atoms with van der Waals surface area (Å²) in [5.74, 6) is 3.15. The third-order valence-corrected chi connectivity index (χ3v) is 5.29. The molecule has 1 aromatic rings. The molecule has 0 saturated carbocycles. The van der Waals surface area contributed by atoms with Gasteiger partial charge in [0.1, 0.15) is 17.5 Å². The topological polar surface area (TPSA) is 38.7 Å². The Balaban J connectivity index is 2.52. The lowest BCUT2D eigenvalue weighted by molar-refractivity contribution is 0.590. The van der Waals surface area contributed by atoms with E-state index in [0.29, 0.717) is 0 Å². The van der Waals surface area contributed by atoms with E-state index in [1.165, 1.54) is 96.3 Å². The van der Waals surface area contributed by atoms with Gasteiger partial charge in [0.25, 0.3) is 0 Å². The summed E-state index contributed by atoms with van der Waals surface area (Å²) in [5.41, 5.74) is 0. The molecule has 0 aliphatic heterocycles. The molecular weight excluding hydrogens is 330 g/mol. The van der Waals surface area contributed by atoms with E-state index in [9.17, 15) is 0 Å². The van der Waals surface area contributed by atoms with E-state index in [2.05, 4.69) is 20.8 Å². The fraction of sp³-hybridized carbons (Fsp3) is 0.875. The smallest absolute Gasteiger partial charge is 0.132 e. The van der Waals surface area contributed by atoms with E-state index in [4.69, 9.17) is 15.0 Å². The lowest BCUT2D eigenvalue weighted by atomic mass is 10.1. The first kappa shape index (κ1) is 24.0. The summed E-state index contributed by atoms with van der Waals surface area (Å²) < 4.78 is 0. The van der Waals surface area contributed by atoms with E-state index in [1.54, 1.807) is 0 Å². The van der Waals surface area contributed by atoms with Crippen molar-refractivity contribution in [2.24, 2.45) is 0 Å². The lowest BCUT2D eigenvalue weighted by Crippen LogP contribution is -2.08. The number of aryl methyl sites for hydroxylation is 3. The zero-order chi connectivity index (χ0) is 19.6. The van der Waals surface area contributed by atoms with Gasteiger partial charge in [0.05, 0.1) is 0 Å². The highest BCUT2D eigenvalue weighted by molar-refractivity contribution is 4.98. The van der Waals surface area contributed by atoms with Gasteiger partial charge >= 0.3 is 0 Å². The van der Waals surface area contributed by atoms with Crippen LogP contribution in [-0.2, 0) is 19.3 Å². The fourth-order valence-corrected chi connectivity index (χ4v) is 3.52. The quantitative estimate of drug-likeness (QED) is 0.251. The molecule has 3 heteroatoms. The zero-order valence-corrected chi connectivity index (χ0v) is 18.6. The molecule has 0 saturated heterocycles. The van der Waals surface area contributed by atoms with Crippen LogP contribution < -0.4 is 0 Å².